The molecule has 0 radical (unpaired) electrons. The van der Waals surface area contributed by atoms with Crippen LogP contribution in [0.5, 0.6) is 0 Å². The number of nitrogens with two attached hydrogens (primary N) is 1. The average molecular weight is 258 g/mol. The summed E-state index contributed by atoms with van der Waals surface area (Å²) >= 11 is 0. The number of carbonyl (C=O) groups is 1. The van der Waals surface area contributed by atoms with Crippen molar-refractivity contribution in [3.63, 3.8) is 0 Å². The Labute approximate surface area is 112 Å². The molecular weight excluding hydrogens is 240 g/mol. The number of hydrogen-bond acceptors (Lipinski definition) is 3. The van der Waals surface area contributed by atoms with Gasteiger partial charge in [0.05, 0.1) is 5.56 Å². The first kappa shape index (κ1) is 13.3. The monoisotopic (exact) mass is 258 g/mol. The zero-order valence-electron chi connectivity index (χ0n) is 11.5. The molecule has 19 heavy (non-hydrogen) atoms. The Kier molecular flexibility index (Phi) is 3.64. The van der Waals surface area contributed by atoms with Gasteiger partial charge in [0, 0.05) is 24.5 Å². The zero-order chi connectivity index (χ0) is 14.0. The molecule has 1 amide bonds. The smallest absolute Gasteiger partial charge is 0.252 e. The third-order valence-electron chi connectivity index (χ3n) is 2.99. The van der Waals surface area contributed by atoms with Crippen LogP contribution in [0.2, 0.25) is 0 Å². The summed E-state index contributed by atoms with van der Waals surface area (Å²) in [5.41, 5.74) is 7.64. The molecule has 2 aromatic heterocycles. The van der Waals surface area contributed by atoms with Crippen molar-refractivity contribution in [2.45, 2.75) is 33.6 Å². The van der Waals surface area contributed by atoms with Crippen LogP contribution < -0.4 is 5.73 Å². The molecule has 0 aromatic carbocycles. The minimum absolute atomic E-state index is 0.459. The van der Waals surface area contributed by atoms with Crippen molar-refractivity contribution < 1.29 is 4.79 Å². The number of primary amides is 1. The summed E-state index contributed by atoms with van der Waals surface area (Å²) in [6, 6.07) is 1.86. The van der Waals surface area contributed by atoms with Crippen molar-refractivity contribution in [2.75, 3.05) is 0 Å². The molecule has 0 fully saturated rings. The Morgan fingerprint density at radius 3 is 2.79 bits per heavy atom. The van der Waals surface area contributed by atoms with Crippen LogP contribution in [-0.4, -0.2) is 20.4 Å². The fourth-order valence-corrected chi connectivity index (χ4v) is 2.23. The van der Waals surface area contributed by atoms with Crippen LogP contribution in [0.1, 0.15) is 40.8 Å². The molecule has 0 atom stereocenters. The summed E-state index contributed by atoms with van der Waals surface area (Å²) in [7, 11) is 0. The molecule has 0 saturated carbocycles. The maximum atomic E-state index is 11.7. The third kappa shape index (κ3) is 2.50. The third-order valence-corrected chi connectivity index (χ3v) is 2.99. The van der Waals surface area contributed by atoms with E-state index in [2.05, 4.69) is 16.9 Å². The predicted molar refractivity (Wildman–Crippen MR) is 73.3 cm³/mol. The lowest BCUT2D eigenvalue weighted by molar-refractivity contribution is 0.0999. The molecule has 0 saturated heterocycles. The van der Waals surface area contributed by atoms with E-state index in [1.54, 1.807) is 6.20 Å². The van der Waals surface area contributed by atoms with Gasteiger partial charge in [-0.25, -0.2) is 9.97 Å². The molecule has 5 nitrogen and oxygen atoms in total. The second kappa shape index (κ2) is 5.22. The van der Waals surface area contributed by atoms with Crippen molar-refractivity contribution in [3.8, 4) is 5.82 Å². The first-order valence-corrected chi connectivity index (χ1v) is 6.35. The van der Waals surface area contributed by atoms with Crippen molar-refractivity contribution in [3.05, 3.63) is 41.1 Å². The highest BCUT2D eigenvalue weighted by Crippen LogP contribution is 2.19. The van der Waals surface area contributed by atoms with Crippen molar-refractivity contribution >= 4 is 5.91 Å². The van der Waals surface area contributed by atoms with Gasteiger partial charge in [-0.15, -0.1) is 0 Å². The summed E-state index contributed by atoms with van der Waals surface area (Å²) in [6.07, 6.45) is 5.35. The molecule has 0 aliphatic carbocycles. The summed E-state index contributed by atoms with van der Waals surface area (Å²) in [4.78, 5) is 20.4. The van der Waals surface area contributed by atoms with E-state index in [9.17, 15) is 4.79 Å². The van der Waals surface area contributed by atoms with Gasteiger partial charge in [0.15, 0.2) is 5.82 Å². The zero-order valence-corrected chi connectivity index (χ0v) is 11.5. The van der Waals surface area contributed by atoms with Gasteiger partial charge in [-0.2, -0.15) is 0 Å². The summed E-state index contributed by atoms with van der Waals surface area (Å²) in [6.45, 7) is 5.86. The van der Waals surface area contributed by atoms with Gasteiger partial charge < -0.3 is 5.73 Å². The number of amides is 1. The number of aromatic nitrogens is 3. The summed E-state index contributed by atoms with van der Waals surface area (Å²) < 4.78 is 1.85. The lowest BCUT2D eigenvalue weighted by atomic mass is 10.1. The van der Waals surface area contributed by atoms with E-state index in [1.807, 2.05) is 30.7 Å². The van der Waals surface area contributed by atoms with Gasteiger partial charge in [-0.3, -0.25) is 9.36 Å². The van der Waals surface area contributed by atoms with E-state index in [0.717, 1.165) is 29.9 Å². The first-order chi connectivity index (χ1) is 9.04. The number of imidazole rings is 1. The van der Waals surface area contributed by atoms with Crippen LogP contribution in [0.25, 0.3) is 5.82 Å². The Morgan fingerprint density at radius 2 is 2.16 bits per heavy atom. The topological polar surface area (TPSA) is 73.8 Å². The summed E-state index contributed by atoms with van der Waals surface area (Å²) in [5.74, 6) is 1.00. The maximum absolute atomic E-state index is 11.7. The number of rotatable bonds is 4. The van der Waals surface area contributed by atoms with E-state index in [0.29, 0.717) is 11.4 Å². The highest BCUT2D eigenvalue weighted by atomic mass is 16.1. The highest BCUT2D eigenvalue weighted by molar-refractivity contribution is 5.97. The summed E-state index contributed by atoms with van der Waals surface area (Å²) in [5, 5.41) is 0. The van der Waals surface area contributed by atoms with Crippen molar-refractivity contribution in [1.82, 2.24) is 14.5 Å². The largest absolute Gasteiger partial charge is 0.365 e. The van der Waals surface area contributed by atoms with E-state index < -0.39 is 5.91 Å². The Hall–Kier alpha value is -2.17. The van der Waals surface area contributed by atoms with E-state index in [-0.39, 0.29) is 0 Å². The van der Waals surface area contributed by atoms with Gasteiger partial charge in [0.2, 0.25) is 0 Å². The SMILES string of the molecule is CCCc1nccn1-c1nc(C)cc(C)c1C(N)=O. The van der Waals surface area contributed by atoms with Crippen molar-refractivity contribution in [1.29, 1.82) is 0 Å². The fourth-order valence-electron chi connectivity index (χ4n) is 2.23. The predicted octanol–water partition coefficient (Wildman–Crippen LogP) is 1.94. The average Bonchev–Trinajstić information content (AvgIpc) is 2.75. The molecule has 2 heterocycles. The van der Waals surface area contributed by atoms with Gasteiger partial charge in [0.25, 0.3) is 5.91 Å². The van der Waals surface area contributed by atoms with Crippen LogP contribution in [-0.2, 0) is 6.42 Å². The van der Waals surface area contributed by atoms with Gasteiger partial charge >= 0.3 is 0 Å². The van der Waals surface area contributed by atoms with Gasteiger partial charge in [-0.05, 0) is 31.9 Å². The Bertz CT molecular complexity index is 616. The minimum atomic E-state index is -0.462. The number of pyridine rings is 1. The molecule has 2 rings (SSSR count). The molecular formula is C14H18N4O. The molecule has 0 aliphatic heterocycles. The van der Waals surface area contributed by atoms with E-state index >= 15 is 0 Å². The molecule has 2 N–H and O–H groups in total. The molecule has 2 aromatic rings. The number of aryl methyl sites for hydroxylation is 3. The van der Waals surface area contributed by atoms with Crippen molar-refractivity contribution in [2.24, 2.45) is 5.73 Å². The lowest BCUT2D eigenvalue weighted by Crippen LogP contribution is -2.19. The van der Waals surface area contributed by atoms with Crippen LogP contribution in [0, 0.1) is 13.8 Å². The molecule has 100 valence electrons. The molecule has 5 heteroatoms. The lowest BCUT2D eigenvalue weighted by Gasteiger charge is -2.13. The molecule has 0 unspecified atom stereocenters. The minimum Gasteiger partial charge on any atom is -0.365 e. The normalized spacial score (nSPS) is 10.7. The second-order valence-corrected chi connectivity index (χ2v) is 4.61. The second-order valence-electron chi connectivity index (χ2n) is 4.61. The van der Waals surface area contributed by atoms with E-state index in [4.69, 9.17) is 5.73 Å². The number of nitrogens with zero attached hydrogens (tertiary/aromatic N) is 3. The maximum Gasteiger partial charge on any atom is 0.252 e. The molecule has 0 bridgehead atoms. The first-order valence-electron chi connectivity index (χ1n) is 6.35. The number of hydrogen-bond donors (Lipinski definition) is 1. The fraction of sp³-hybridized carbons (Fsp3) is 0.357. The molecule has 0 aliphatic rings. The van der Waals surface area contributed by atoms with E-state index in [1.165, 1.54) is 0 Å². The Balaban J connectivity index is 2.66. The van der Waals surface area contributed by atoms with Crippen LogP contribution in [0.3, 0.4) is 0 Å². The van der Waals surface area contributed by atoms with Gasteiger partial charge in [0.1, 0.15) is 5.82 Å². The standard InChI is InChI=1S/C14H18N4O/c1-4-5-11-16-6-7-18(11)14-12(13(15)19)9(2)8-10(3)17-14/h6-8H,4-5H2,1-3H3,(H2,15,19). The van der Waals surface area contributed by atoms with Crippen LogP contribution in [0.4, 0.5) is 0 Å². The quantitative estimate of drug-likeness (QED) is 0.910. The van der Waals surface area contributed by atoms with Crippen LogP contribution >= 0.6 is 0 Å². The number of carbonyl (C=O) groups excluding carboxylic acids is 1. The van der Waals surface area contributed by atoms with Gasteiger partial charge in [-0.1, -0.05) is 6.92 Å². The van der Waals surface area contributed by atoms with Crippen LogP contribution in [0.15, 0.2) is 18.5 Å². The highest BCUT2D eigenvalue weighted by Gasteiger charge is 2.17. The Morgan fingerprint density at radius 1 is 1.42 bits per heavy atom. The molecule has 0 spiro atoms.